The number of hydrogen-bond acceptors (Lipinski definition) is 3. The summed E-state index contributed by atoms with van der Waals surface area (Å²) in [5, 5.41) is 5.64. The van der Waals surface area contributed by atoms with Crippen LogP contribution >= 0.6 is 11.6 Å². The van der Waals surface area contributed by atoms with Gasteiger partial charge >= 0.3 is 0 Å². The van der Waals surface area contributed by atoms with Gasteiger partial charge in [-0.05, 0) is 23.8 Å². The van der Waals surface area contributed by atoms with Gasteiger partial charge in [0.25, 0.3) is 6.43 Å². The molecule has 0 fully saturated rings. The molecule has 0 aliphatic rings. The molecule has 1 N–H and O–H groups in total. The number of fused-ring (bicyclic) bond motifs is 1. The summed E-state index contributed by atoms with van der Waals surface area (Å²) in [6.07, 6.45) is 5.72. The normalized spacial score (nSPS) is 11.5. The van der Waals surface area contributed by atoms with Gasteiger partial charge in [-0.3, -0.25) is 9.67 Å². The molecule has 4 aromatic rings. The molecule has 0 bridgehead atoms. The van der Waals surface area contributed by atoms with Crippen molar-refractivity contribution in [2.45, 2.75) is 13.0 Å². The lowest BCUT2D eigenvalue weighted by Crippen LogP contribution is -2.06. The minimum atomic E-state index is -2.49. The SMILES string of the molecule is FC(F)Cn1cc(-c2ccncc2)c(-c2cnc3[nH]cc(Cl)c3c2)n1. The van der Waals surface area contributed by atoms with Crippen molar-refractivity contribution in [1.82, 2.24) is 24.7 Å². The Balaban J connectivity index is 1.88. The Bertz CT molecular complexity index is 1030. The molecular weight excluding hydrogens is 348 g/mol. The predicted molar refractivity (Wildman–Crippen MR) is 91.6 cm³/mol. The average Bonchev–Trinajstić information content (AvgIpc) is 3.19. The van der Waals surface area contributed by atoms with E-state index in [9.17, 15) is 8.78 Å². The molecule has 4 rings (SSSR count). The highest BCUT2D eigenvalue weighted by molar-refractivity contribution is 6.35. The smallest absolute Gasteiger partial charge is 0.257 e. The number of nitrogens with zero attached hydrogens (tertiary/aromatic N) is 4. The molecule has 0 radical (unpaired) electrons. The first-order valence-electron chi connectivity index (χ1n) is 7.51. The fraction of sp³-hybridized carbons (Fsp3) is 0.118. The van der Waals surface area contributed by atoms with Crippen molar-refractivity contribution in [3.63, 3.8) is 0 Å². The number of nitrogens with one attached hydrogen (secondary N) is 1. The molecule has 5 nitrogen and oxygen atoms in total. The molecule has 126 valence electrons. The Kier molecular flexibility index (Phi) is 3.93. The van der Waals surface area contributed by atoms with E-state index in [-0.39, 0.29) is 0 Å². The lowest BCUT2D eigenvalue weighted by Gasteiger charge is -2.03. The van der Waals surface area contributed by atoms with E-state index in [1.54, 1.807) is 31.0 Å². The third-order valence-electron chi connectivity index (χ3n) is 3.83. The van der Waals surface area contributed by atoms with Crippen LogP contribution in [0.25, 0.3) is 33.4 Å². The number of aromatic amines is 1. The van der Waals surface area contributed by atoms with Crippen molar-refractivity contribution in [3.8, 4) is 22.4 Å². The van der Waals surface area contributed by atoms with Crippen LogP contribution in [0.5, 0.6) is 0 Å². The Morgan fingerprint density at radius 2 is 2.00 bits per heavy atom. The Morgan fingerprint density at radius 3 is 2.76 bits per heavy atom. The van der Waals surface area contributed by atoms with E-state index in [0.717, 1.165) is 16.5 Å². The van der Waals surface area contributed by atoms with E-state index in [2.05, 4.69) is 20.1 Å². The Labute approximate surface area is 146 Å². The standard InChI is InChI=1S/C17H12ClF2N5/c18-14-7-23-17-12(14)5-11(6-22-17)16-13(10-1-3-21-4-2-10)8-25(24-16)9-15(19)20/h1-8,15H,9H2,(H,22,23). The van der Waals surface area contributed by atoms with Gasteiger partial charge in [0.2, 0.25) is 0 Å². The molecule has 0 saturated heterocycles. The summed E-state index contributed by atoms with van der Waals surface area (Å²) >= 11 is 6.16. The molecule has 0 aliphatic heterocycles. The van der Waals surface area contributed by atoms with Crippen LogP contribution in [0.4, 0.5) is 8.78 Å². The number of aromatic nitrogens is 5. The zero-order chi connectivity index (χ0) is 17.4. The monoisotopic (exact) mass is 359 g/mol. The van der Waals surface area contributed by atoms with Crippen LogP contribution < -0.4 is 0 Å². The first-order valence-corrected chi connectivity index (χ1v) is 7.88. The summed E-state index contributed by atoms with van der Waals surface area (Å²) in [7, 11) is 0. The molecule has 0 saturated carbocycles. The number of alkyl halides is 2. The molecule has 0 aliphatic carbocycles. The third kappa shape index (κ3) is 2.98. The Morgan fingerprint density at radius 1 is 1.20 bits per heavy atom. The van der Waals surface area contributed by atoms with Crippen LogP contribution in [0.15, 0.2) is 49.2 Å². The quantitative estimate of drug-likeness (QED) is 0.587. The van der Waals surface area contributed by atoms with E-state index < -0.39 is 13.0 Å². The van der Waals surface area contributed by atoms with E-state index in [1.165, 1.54) is 4.68 Å². The second-order valence-corrected chi connectivity index (χ2v) is 5.90. The van der Waals surface area contributed by atoms with Crippen LogP contribution in [0.2, 0.25) is 5.02 Å². The van der Waals surface area contributed by atoms with Crippen LogP contribution in [-0.2, 0) is 6.54 Å². The van der Waals surface area contributed by atoms with Crippen molar-refractivity contribution in [1.29, 1.82) is 0 Å². The summed E-state index contributed by atoms with van der Waals surface area (Å²) in [6, 6.07) is 5.46. The maximum Gasteiger partial charge on any atom is 0.257 e. The third-order valence-corrected chi connectivity index (χ3v) is 4.14. The van der Waals surface area contributed by atoms with Gasteiger partial charge in [0.05, 0.1) is 5.02 Å². The van der Waals surface area contributed by atoms with Gasteiger partial charge in [-0.2, -0.15) is 5.10 Å². The molecule has 4 heterocycles. The summed E-state index contributed by atoms with van der Waals surface area (Å²) in [6.45, 7) is -0.474. The van der Waals surface area contributed by atoms with Crippen molar-refractivity contribution >= 4 is 22.6 Å². The lowest BCUT2D eigenvalue weighted by molar-refractivity contribution is 0.122. The van der Waals surface area contributed by atoms with Gasteiger partial charge in [-0.15, -0.1) is 0 Å². The average molecular weight is 360 g/mol. The largest absolute Gasteiger partial charge is 0.345 e. The van der Waals surface area contributed by atoms with Gasteiger partial charge in [-0.1, -0.05) is 11.6 Å². The fourth-order valence-electron chi connectivity index (χ4n) is 2.71. The molecule has 0 spiro atoms. The molecular formula is C17H12ClF2N5. The lowest BCUT2D eigenvalue weighted by atomic mass is 10.0. The van der Waals surface area contributed by atoms with E-state index in [4.69, 9.17) is 11.6 Å². The summed E-state index contributed by atoms with van der Waals surface area (Å²) in [5.74, 6) is 0. The molecule has 8 heteroatoms. The first-order chi connectivity index (χ1) is 12.1. The van der Waals surface area contributed by atoms with Gasteiger partial charge in [0.15, 0.2) is 0 Å². The molecule has 0 amide bonds. The van der Waals surface area contributed by atoms with Crippen LogP contribution in [0.3, 0.4) is 0 Å². The van der Waals surface area contributed by atoms with E-state index >= 15 is 0 Å². The minimum Gasteiger partial charge on any atom is -0.345 e. The molecule has 0 atom stereocenters. The van der Waals surface area contributed by atoms with Gasteiger partial charge in [-0.25, -0.2) is 13.8 Å². The van der Waals surface area contributed by atoms with E-state index in [0.29, 0.717) is 21.9 Å². The maximum atomic E-state index is 12.8. The second-order valence-electron chi connectivity index (χ2n) is 5.50. The summed E-state index contributed by atoms with van der Waals surface area (Å²) in [5.41, 5.74) is 3.50. The zero-order valence-corrected chi connectivity index (χ0v) is 13.6. The van der Waals surface area contributed by atoms with Gasteiger partial charge in [0.1, 0.15) is 17.9 Å². The highest BCUT2D eigenvalue weighted by atomic mass is 35.5. The number of pyridine rings is 2. The van der Waals surface area contributed by atoms with E-state index in [1.807, 2.05) is 18.2 Å². The van der Waals surface area contributed by atoms with Crippen molar-refractivity contribution in [2.24, 2.45) is 0 Å². The molecule has 0 aromatic carbocycles. The fourth-order valence-corrected chi connectivity index (χ4v) is 2.91. The number of rotatable bonds is 4. The van der Waals surface area contributed by atoms with Crippen LogP contribution in [0.1, 0.15) is 0 Å². The zero-order valence-electron chi connectivity index (χ0n) is 12.8. The van der Waals surface area contributed by atoms with Gasteiger partial charge < -0.3 is 4.98 Å². The summed E-state index contributed by atoms with van der Waals surface area (Å²) in [4.78, 5) is 11.3. The first kappa shape index (κ1) is 15.7. The van der Waals surface area contributed by atoms with Crippen LogP contribution in [-0.4, -0.2) is 31.2 Å². The molecule has 4 aromatic heterocycles. The van der Waals surface area contributed by atoms with Crippen molar-refractivity contribution in [2.75, 3.05) is 0 Å². The topological polar surface area (TPSA) is 59.4 Å². The minimum absolute atomic E-state index is 0.474. The molecule has 0 unspecified atom stereocenters. The van der Waals surface area contributed by atoms with Crippen molar-refractivity contribution < 1.29 is 8.78 Å². The van der Waals surface area contributed by atoms with Crippen LogP contribution in [0, 0.1) is 0 Å². The highest BCUT2D eigenvalue weighted by Gasteiger charge is 2.16. The maximum absolute atomic E-state index is 12.8. The predicted octanol–water partition coefficient (Wildman–Crippen LogP) is 4.41. The Hall–Kier alpha value is -2.80. The van der Waals surface area contributed by atoms with Gasteiger partial charge in [0, 0.05) is 47.5 Å². The highest BCUT2D eigenvalue weighted by Crippen LogP contribution is 2.33. The number of H-pyrrole nitrogens is 1. The molecule has 25 heavy (non-hydrogen) atoms. The summed E-state index contributed by atoms with van der Waals surface area (Å²) < 4.78 is 26.8. The van der Waals surface area contributed by atoms with Crippen molar-refractivity contribution in [3.05, 3.63) is 54.2 Å². The number of hydrogen-bond donors (Lipinski definition) is 1. The number of halogens is 3. The second kappa shape index (κ2) is 6.25.